The summed E-state index contributed by atoms with van der Waals surface area (Å²) < 4.78 is 1.72. The third-order valence-corrected chi connectivity index (χ3v) is 2.16. The molecule has 0 aliphatic carbocycles. The van der Waals surface area contributed by atoms with Gasteiger partial charge in [-0.15, -0.1) is 0 Å². The van der Waals surface area contributed by atoms with Crippen molar-refractivity contribution in [2.24, 2.45) is 7.05 Å². The van der Waals surface area contributed by atoms with E-state index in [-0.39, 0.29) is 6.10 Å². The van der Waals surface area contributed by atoms with E-state index in [1.54, 1.807) is 4.68 Å². The van der Waals surface area contributed by atoms with E-state index in [4.69, 9.17) is 0 Å². The number of aryl methyl sites for hydroxylation is 1. The van der Waals surface area contributed by atoms with Gasteiger partial charge in [-0.2, -0.15) is 5.10 Å². The van der Waals surface area contributed by atoms with Gasteiger partial charge in [0, 0.05) is 13.2 Å². The summed E-state index contributed by atoms with van der Waals surface area (Å²) in [6.07, 6.45) is 5.75. The van der Waals surface area contributed by atoms with Crippen LogP contribution in [0.3, 0.4) is 0 Å². The van der Waals surface area contributed by atoms with Gasteiger partial charge in [-0.3, -0.25) is 4.68 Å². The Kier molecular flexibility index (Phi) is 3.96. The summed E-state index contributed by atoms with van der Waals surface area (Å²) in [4.78, 5) is 0. The topological polar surface area (TPSA) is 38.0 Å². The lowest BCUT2D eigenvalue weighted by atomic mass is 10.1. The largest absolute Gasteiger partial charge is 0.387 e. The third-order valence-electron chi connectivity index (χ3n) is 2.16. The quantitative estimate of drug-likeness (QED) is 0.707. The number of aliphatic hydroxyl groups is 1. The normalized spacial score (nSPS) is 13.2. The van der Waals surface area contributed by atoms with Gasteiger partial charge in [0.25, 0.3) is 0 Å². The zero-order valence-corrected chi connectivity index (χ0v) is 8.40. The molecule has 0 amide bonds. The standard InChI is InChI=1S/C10H18N2O/c1-3-4-5-6-10(13)9-7-8-12(2)11-9/h7-8,10,13H,3-6H2,1-2H3. The molecule has 0 spiro atoms. The van der Waals surface area contributed by atoms with E-state index < -0.39 is 0 Å². The van der Waals surface area contributed by atoms with Gasteiger partial charge in [-0.1, -0.05) is 26.2 Å². The van der Waals surface area contributed by atoms with Crippen LogP contribution >= 0.6 is 0 Å². The predicted molar refractivity (Wildman–Crippen MR) is 52.3 cm³/mol. The molecule has 0 aromatic carbocycles. The van der Waals surface area contributed by atoms with Crippen LogP contribution in [0.25, 0.3) is 0 Å². The maximum atomic E-state index is 9.68. The van der Waals surface area contributed by atoms with Gasteiger partial charge < -0.3 is 5.11 Å². The molecule has 0 aliphatic rings. The van der Waals surface area contributed by atoms with Gasteiger partial charge in [0.1, 0.15) is 0 Å². The number of unbranched alkanes of at least 4 members (excludes halogenated alkanes) is 2. The highest BCUT2D eigenvalue weighted by molar-refractivity contribution is 5.02. The molecule has 1 atom stereocenters. The molecule has 3 heteroatoms. The fourth-order valence-corrected chi connectivity index (χ4v) is 1.35. The van der Waals surface area contributed by atoms with Crippen LogP contribution in [-0.4, -0.2) is 14.9 Å². The fraction of sp³-hybridized carbons (Fsp3) is 0.700. The van der Waals surface area contributed by atoms with E-state index in [1.807, 2.05) is 19.3 Å². The molecule has 0 saturated heterocycles. The molecule has 1 N–H and O–H groups in total. The van der Waals surface area contributed by atoms with Crippen LogP contribution in [0.15, 0.2) is 12.3 Å². The van der Waals surface area contributed by atoms with E-state index in [0.29, 0.717) is 0 Å². The molecule has 3 nitrogen and oxygen atoms in total. The first-order chi connectivity index (χ1) is 6.24. The van der Waals surface area contributed by atoms with Crippen molar-refractivity contribution in [1.82, 2.24) is 9.78 Å². The minimum Gasteiger partial charge on any atom is -0.387 e. The Morgan fingerprint density at radius 1 is 1.54 bits per heavy atom. The van der Waals surface area contributed by atoms with Crippen molar-refractivity contribution < 1.29 is 5.11 Å². The number of aromatic nitrogens is 2. The molecule has 0 bridgehead atoms. The van der Waals surface area contributed by atoms with Gasteiger partial charge in [-0.25, -0.2) is 0 Å². The Hall–Kier alpha value is -0.830. The fourth-order valence-electron chi connectivity index (χ4n) is 1.35. The SMILES string of the molecule is CCCCCC(O)c1ccn(C)n1. The highest BCUT2D eigenvalue weighted by atomic mass is 16.3. The van der Waals surface area contributed by atoms with Crippen LogP contribution in [0.1, 0.15) is 44.4 Å². The van der Waals surface area contributed by atoms with Gasteiger partial charge in [0.2, 0.25) is 0 Å². The Bertz CT molecular complexity index is 245. The first-order valence-electron chi connectivity index (χ1n) is 4.91. The van der Waals surface area contributed by atoms with Gasteiger partial charge in [-0.05, 0) is 12.5 Å². The summed E-state index contributed by atoms with van der Waals surface area (Å²) in [6.45, 7) is 2.16. The molecule has 1 aromatic rings. The maximum Gasteiger partial charge on any atom is 0.0978 e. The predicted octanol–water partition coefficient (Wildman–Crippen LogP) is 2.03. The Morgan fingerprint density at radius 2 is 2.31 bits per heavy atom. The maximum absolute atomic E-state index is 9.68. The van der Waals surface area contributed by atoms with Crippen molar-refractivity contribution in [3.05, 3.63) is 18.0 Å². The molecule has 1 heterocycles. The Labute approximate surface area is 79.4 Å². The molecule has 0 fully saturated rings. The van der Waals surface area contributed by atoms with E-state index in [0.717, 1.165) is 18.5 Å². The van der Waals surface area contributed by atoms with Crippen molar-refractivity contribution in [3.8, 4) is 0 Å². The Balaban J connectivity index is 2.35. The van der Waals surface area contributed by atoms with E-state index in [1.165, 1.54) is 12.8 Å². The number of rotatable bonds is 5. The number of nitrogens with zero attached hydrogens (tertiary/aromatic N) is 2. The molecule has 0 aliphatic heterocycles. The minimum absolute atomic E-state index is 0.382. The molecule has 1 unspecified atom stereocenters. The minimum atomic E-state index is -0.382. The lowest BCUT2D eigenvalue weighted by Crippen LogP contribution is -1.99. The molecule has 13 heavy (non-hydrogen) atoms. The summed E-state index contributed by atoms with van der Waals surface area (Å²) in [5.41, 5.74) is 0.790. The summed E-state index contributed by atoms with van der Waals surface area (Å²) in [6, 6.07) is 1.87. The van der Waals surface area contributed by atoms with Crippen molar-refractivity contribution in [3.63, 3.8) is 0 Å². The third kappa shape index (κ3) is 3.19. The zero-order chi connectivity index (χ0) is 9.68. The second kappa shape index (κ2) is 5.02. The van der Waals surface area contributed by atoms with Crippen molar-refractivity contribution in [1.29, 1.82) is 0 Å². The van der Waals surface area contributed by atoms with Gasteiger partial charge in [0.15, 0.2) is 0 Å². The summed E-state index contributed by atoms with van der Waals surface area (Å²) >= 11 is 0. The molecular weight excluding hydrogens is 164 g/mol. The Morgan fingerprint density at radius 3 is 2.85 bits per heavy atom. The van der Waals surface area contributed by atoms with Crippen LogP contribution in [0.5, 0.6) is 0 Å². The smallest absolute Gasteiger partial charge is 0.0978 e. The molecule has 1 rings (SSSR count). The average molecular weight is 182 g/mol. The monoisotopic (exact) mass is 182 g/mol. The first-order valence-corrected chi connectivity index (χ1v) is 4.91. The average Bonchev–Trinajstić information content (AvgIpc) is 2.52. The first kappa shape index (κ1) is 10.3. The van der Waals surface area contributed by atoms with Crippen LogP contribution in [-0.2, 0) is 7.05 Å². The molecule has 74 valence electrons. The van der Waals surface area contributed by atoms with Gasteiger partial charge in [0.05, 0.1) is 11.8 Å². The van der Waals surface area contributed by atoms with Crippen molar-refractivity contribution in [2.45, 2.75) is 38.7 Å². The molecular formula is C10H18N2O. The van der Waals surface area contributed by atoms with E-state index in [2.05, 4.69) is 12.0 Å². The molecule has 1 aromatic heterocycles. The zero-order valence-electron chi connectivity index (χ0n) is 8.40. The summed E-state index contributed by atoms with van der Waals surface area (Å²) in [5, 5.41) is 13.8. The second-order valence-corrected chi connectivity index (χ2v) is 3.43. The van der Waals surface area contributed by atoms with Crippen LogP contribution < -0.4 is 0 Å². The van der Waals surface area contributed by atoms with E-state index >= 15 is 0 Å². The molecule has 0 radical (unpaired) electrons. The lowest BCUT2D eigenvalue weighted by Gasteiger charge is -2.06. The second-order valence-electron chi connectivity index (χ2n) is 3.43. The van der Waals surface area contributed by atoms with Crippen molar-refractivity contribution >= 4 is 0 Å². The molecule has 0 saturated carbocycles. The van der Waals surface area contributed by atoms with Crippen LogP contribution in [0.2, 0.25) is 0 Å². The highest BCUT2D eigenvalue weighted by Gasteiger charge is 2.08. The lowest BCUT2D eigenvalue weighted by molar-refractivity contribution is 0.158. The highest BCUT2D eigenvalue weighted by Crippen LogP contribution is 2.17. The van der Waals surface area contributed by atoms with Gasteiger partial charge >= 0.3 is 0 Å². The van der Waals surface area contributed by atoms with Crippen LogP contribution in [0.4, 0.5) is 0 Å². The van der Waals surface area contributed by atoms with Crippen molar-refractivity contribution in [2.75, 3.05) is 0 Å². The number of hydrogen-bond donors (Lipinski definition) is 1. The number of hydrogen-bond acceptors (Lipinski definition) is 2. The number of aliphatic hydroxyl groups excluding tert-OH is 1. The summed E-state index contributed by atoms with van der Waals surface area (Å²) in [7, 11) is 1.86. The van der Waals surface area contributed by atoms with Crippen LogP contribution in [0, 0.1) is 0 Å². The van der Waals surface area contributed by atoms with E-state index in [9.17, 15) is 5.11 Å². The summed E-state index contributed by atoms with van der Waals surface area (Å²) in [5.74, 6) is 0.